The van der Waals surface area contributed by atoms with Crippen molar-refractivity contribution < 1.29 is 32.2 Å². The quantitative estimate of drug-likeness (QED) is 0.414. The fourth-order valence-electron chi connectivity index (χ4n) is 1.86. The Kier molecular flexibility index (Phi) is 7.82. The van der Waals surface area contributed by atoms with Crippen LogP contribution in [0, 0.1) is 0 Å². The first-order valence-electron chi connectivity index (χ1n) is 7.64. The lowest BCUT2D eigenvalue weighted by Gasteiger charge is -2.08. The predicted molar refractivity (Wildman–Crippen MR) is 93.2 cm³/mol. The van der Waals surface area contributed by atoms with E-state index < -0.39 is 18.3 Å². The summed E-state index contributed by atoms with van der Waals surface area (Å²) < 4.78 is 49.8. The van der Waals surface area contributed by atoms with Crippen LogP contribution in [0.15, 0.2) is 41.4 Å². The average Bonchev–Trinajstić information content (AvgIpc) is 2.57. The van der Waals surface area contributed by atoms with Crippen LogP contribution in [0.1, 0.15) is 12.5 Å². The number of rotatable bonds is 5. The normalized spacial score (nSPS) is 11.9. The lowest BCUT2D eigenvalue weighted by Crippen LogP contribution is -2.22. The molecule has 0 saturated carbocycles. The van der Waals surface area contributed by atoms with Crippen LogP contribution in [-0.2, 0) is 11.3 Å². The van der Waals surface area contributed by atoms with Gasteiger partial charge in [-0.25, -0.2) is 14.2 Å². The van der Waals surface area contributed by atoms with Gasteiger partial charge in [-0.1, -0.05) is 18.2 Å². The molecule has 0 spiro atoms. The van der Waals surface area contributed by atoms with Crippen molar-refractivity contribution in [2.45, 2.75) is 25.8 Å². The molecule has 6 nitrogen and oxygen atoms in total. The van der Waals surface area contributed by atoms with Crippen molar-refractivity contribution >= 4 is 22.7 Å². The number of nitrogens with zero attached hydrogens (tertiary/aromatic N) is 1. The summed E-state index contributed by atoms with van der Waals surface area (Å²) in [7, 11) is 0. The number of ether oxygens (including phenoxy) is 1. The minimum atomic E-state index is -5.08. The van der Waals surface area contributed by atoms with Gasteiger partial charge < -0.3 is 21.3 Å². The van der Waals surface area contributed by atoms with E-state index in [-0.39, 0.29) is 12.6 Å². The zero-order valence-electron chi connectivity index (χ0n) is 14.3. The van der Waals surface area contributed by atoms with Crippen molar-refractivity contribution in [2.24, 2.45) is 16.5 Å². The number of benzene rings is 2. The van der Waals surface area contributed by atoms with E-state index in [9.17, 15) is 17.6 Å². The molecule has 2 aromatic rings. The number of alkyl halides is 4. The highest BCUT2D eigenvalue weighted by Crippen LogP contribution is 2.22. The summed E-state index contributed by atoms with van der Waals surface area (Å²) in [5, 5.41) is 9.22. The molecule has 0 aliphatic carbocycles. The number of hydrogen-bond donors (Lipinski definition) is 3. The van der Waals surface area contributed by atoms with Gasteiger partial charge in [-0.2, -0.15) is 13.2 Å². The second-order valence-electron chi connectivity index (χ2n) is 5.48. The molecule has 0 amide bonds. The van der Waals surface area contributed by atoms with Gasteiger partial charge in [-0.05, 0) is 41.5 Å². The number of carboxylic acids is 1. The number of nitrogens with two attached hydrogens (primary N) is 2. The van der Waals surface area contributed by atoms with Gasteiger partial charge in [-0.3, -0.25) is 0 Å². The van der Waals surface area contributed by atoms with Crippen LogP contribution < -0.4 is 16.2 Å². The molecule has 27 heavy (non-hydrogen) atoms. The molecule has 0 aliphatic rings. The van der Waals surface area contributed by atoms with Crippen molar-refractivity contribution in [2.75, 3.05) is 6.61 Å². The zero-order valence-corrected chi connectivity index (χ0v) is 14.3. The molecule has 2 aromatic carbocycles. The molecule has 0 aromatic heterocycles. The molecule has 2 rings (SSSR count). The fraction of sp³-hybridized carbons (Fsp3) is 0.294. The van der Waals surface area contributed by atoms with Crippen LogP contribution in [0.5, 0.6) is 5.75 Å². The Bertz CT molecular complexity index is 804. The number of guanidine groups is 1. The van der Waals surface area contributed by atoms with Crippen LogP contribution in [0.3, 0.4) is 0 Å². The highest BCUT2D eigenvalue weighted by Gasteiger charge is 2.38. The number of aliphatic carboxylic acids is 1. The van der Waals surface area contributed by atoms with Crippen molar-refractivity contribution in [1.82, 2.24) is 0 Å². The first-order chi connectivity index (χ1) is 12.5. The molecule has 5 N–H and O–H groups in total. The first-order valence-corrected chi connectivity index (χ1v) is 7.64. The summed E-state index contributed by atoms with van der Waals surface area (Å²) >= 11 is 0. The van der Waals surface area contributed by atoms with E-state index in [1.54, 1.807) is 0 Å². The van der Waals surface area contributed by atoms with E-state index in [1.807, 2.05) is 36.4 Å². The molecule has 0 fully saturated rings. The third kappa shape index (κ3) is 8.25. The molecular weight excluding hydrogens is 370 g/mol. The average molecular weight is 389 g/mol. The Balaban J connectivity index is 0.000000445. The summed E-state index contributed by atoms with van der Waals surface area (Å²) in [6.45, 7) is 1.99. The topological polar surface area (TPSA) is 111 Å². The maximum atomic E-state index is 12.7. The monoisotopic (exact) mass is 389 g/mol. The Hall–Kier alpha value is -3.04. The van der Waals surface area contributed by atoms with Crippen LogP contribution in [-0.4, -0.2) is 36.0 Å². The maximum absolute atomic E-state index is 12.7. The number of aliphatic imine (C=N–C) groups is 1. The second kappa shape index (κ2) is 9.60. The third-order valence-electron chi connectivity index (χ3n) is 3.04. The summed E-state index contributed by atoms with van der Waals surface area (Å²) in [5.41, 5.74) is 11.6. The van der Waals surface area contributed by atoms with E-state index in [0.717, 1.165) is 16.3 Å². The molecule has 10 heteroatoms. The van der Waals surface area contributed by atoms with Gasteiger partial charge in [0.2, 0.25) is 0 Å². The van der Waals surface area contributed by atoms with E-state index in [1.165, 1.54) is 6.92 Å². The summed E-state index contributed by atoms with van der Waals surface area (Å²) in [5.74, 6) is -2.01. The number of carboxylic acid groups (broad SMARTS) is 1. The van der Waals surface area contributed by atoms with Gasteiger partial charge in [0, 0.05) is 0 Å². The molecule has 1 atom stereocenters. The second-order valence-corrected chi connectivity index (χ2v) is 5.48. The molecular formula is C17H19F4N3O3. The van der Waals surface area contributed by atoms with Gasteiger partial charge >= 0.3 is 12.1 Å². The minimum Gasteiger partial charge on any atom is -0.491 e. The highest BCUT2D eigenvalue weighted by atomic mass is 19.4. The van der Waals surface area contributed by atoms with Crippen LogP contribution in [0.25, 0.3) is 10.8 Å². The SMILES string of the molecule is CC(F)COc1ccc2cc(CN=C(N)N)ccc2c1.O=C(O)C(F)(F)F. The standard InChI is InChI=1S/C15H18FN3O.C2HF3O2/c1-10(16)9-20-14-5-4-12-6-11(8-19-15(17)18)2-3-13(12)7-14;3-2(4,5)1(6)7/h2-7,10H,8-9H2,1H3,(H4,17,18,19);(H,6,7). The maximum Gasteiger partial charge on any atom is 0.490 e. The van der Waals surface area contributed by atoms with Crippen LogP contribution >= 0.6 is 0 Å². The molecule has 0 bridgehead atoms. The van der Waals surface area contributed by atoms with Crippen molar-refractivity contribution in [3.8, 4) is 5.75 Å². The number of carbonyl (C=O) groups is 1. The van der Waals surface area contributed by atoms with Crippen molar-refractivity contribution in [3.05, 3.63) is 42.0 Å². The Labute approximate surface area is 152 Å². The summed E-state index contributed by atoms with van der Waals surface area (Å²) in [6, 6.07) is 11.6. The lowest BCUT2D eigenvalue weighted by atomic mass is 10.1. The molecule has 1 unspecified atom stereocenters. The predicted octanol–water partition coefficient (Wildman–Crippen LogP) is 2.98. The summed E-state index contributed by atoms with van der Waals surface area (Å²) in [4.78, 5) is 12.9. The lowest BCUT2D eigenvalue weighted by molar-refractivity contribution is -0.192. The van der Waals surface area contributed by atoms with E-state index in [0.29, 0.717) is 12.3 Å². The zero-order chi connectivity index (χ0) is 20.6. The van der Waals surface area contributed by atoms with Gasteiger partial charge in [0.15, 0.2) is 5.96 Å². The Morgan fingerprint density at radius 2 is 1.74 bits per heavy atom. The van der Waals surface area contributed by atoms with Crippen molar-refractivity contribution in [1.29, 1.82) is 0 Å². The Morgan fingerprint density at radius 3 is 2.26 bits per heavy atom. The van der Waals surface area contributed by atoms with Gasteiger partial charge in [-0.15, -0.1) is 0 Å². The van der Waals surface area contributed by atoms with Gasteiger partial charge in [0.1, 0.15) is 18.5 Å². The Morgan fingerprint density at radius 1 is 1.19 bits per heavy atom. The molecule has 0 heterocycles. The molecule has 0 radical (unpaired) electrons. The van der Waals surface area contributed by atoms with Crippen LogP contribution in [0.2, 0.25) is 0 Å². The van der Waals surface area contributed by atoms with Gasteiger partial charge in [0.25, 0.3) is 0 Å². The largest absolute Gasteiger partial charge is 0.491 e. The van der Waals surface area contributed by atoms with E-state index >= 15 is 0 Å². The number of hydrogen-bond acceptors (Lipinski definition) is 3. The number of halogens is 4. The van der Waals surface area contributed by atoms with Crippen molar-refractivity contribution in [3.63, 3.8) is 0 Å². The molecule has 0 saturated heterocycles. The smallest absolute Gasteiger partial charge is 0.490 e. The third-order valence-corrected chi connectivity index (χ3v) is 3.04. The first kappa shape index (κ1) is 22.0. The number of fused-ring (bicyclic) bond motifs is 1. The highest BCUT2D eigenvalue weighted by molar-refractivity contribution is 5.84. The molecule has 0 aliphatic heterocycles. The summed E-state index contributed by atoms with van der Waals surface area (Å²) in [6.07, 6.45) is -6.06. The van der Waals surface area contributed by atoms with Crippen LogP contribution in [0.4, 0.5) is 17.6 Å². The minimum absolute atomic E-state index is 0.0636. The molecule has 148 valence electrons. The van der Waals surface area contributed by atoms with E-state index in [2.05, 4.69) is 4.99 Å². The van der Waals surface area contributed by atoms with E-state index in [4.69, 9.17) is 26.1 Å². The van der Waals surface area contributed by atoms with Gasteiger partial charge in [0.05, 0.1) is 6.54 Å². The fourth-order valence-corrected chi connectivity index (χ4v) is 1.86.